The fourth-order valence-electron chi connectivity index (χ4n) is 2.08. The van der Waals surface area contributed by atoms with Gasteiger partial charge < -0.3 is 15.7 Å². The minimum atomic E-state index is -0.553. The van der Waals surface area contributed by atoms with Crippen LogP contribution in [-0.4, -0.2) is 33.8 Å². The van der Waals surface area contributed by atoms with Crippen molar-refractivity contribution >= 4 is 22.9 Å². The van der Waals surface area contributed by atoms with Crippen LogP contribution >= 0.6 is 12.2 Å². The van der Waals surface area contributed by atoms with E-state index in [1.807, 2.05) is 13.0 Å². The Hall–Kier alpha value is -1.20. The van der Waals surface area contributed by atoms with E-state index >= 15 is 0 Å². The highest BCUT2D eigenvalue weighted by Gasteiger charge is 2.28. The van der Waals surface area contributed by atoms with Crippen molar-refractivity contribution in [1.29, 1.82) is 0 Å². The number of nitrogens with zero attached hydrogens (tertiary/aromatic N) is 2. The first-order valence-corrected chi connectivity index (χ1v) is 6.11. The van der Waals surface area contributed by atoms with Crippen molar-refractivity contribution in [2.75, 3.05) is 18.0 Å². The minimum absolute atomic E-state index is 0.389. The van der Waals surface area contributed by atoms with Crippen molar-refractivity contribution in [2.24, 2.45) is 5.73 Å². The molecule has 0 atom stereocenters. The Labute approximate surface area is 106 Å². The number of nitrogens with two attached hydrogens (primary N) is 1. The van der Waals surface area contributed by atoms with Crippen molar-refractivity contribution in [3.63, 3.8) is 0 Å². The molecule has 1 aliphatic heterocycles. The summed E-state index contributed by atoms with van der Waals surface area (Å²) < 4.78 is 0. The number of aromatic nitrogens is 1. The van der Waals surface area contributed by atoms with E-state index in [2.05, 4.69) is 9.88 Å². The molecule has 0 aliphatic carbocycles. The fraction of sp³-hybridized carbons (Fsp3) is 0.500. The Morgan fingerprint density at radius 2 is 2.18 bits per heavy atom. The molecule has 1 aromatic rings. The molecule has 2 rings (SSSR count). The van der Waals surface area contributed by atoms with E-state index in [0.717, 1.165) is 37.2 Å². The van der Waals surface area contributed by atoms with Gasteiger partial charge in [0.25, 0.3) is 0 Å². The lowest BCUT2D eigenvalue weighted by Crippen LogP contribution is -2.43. The minimum Gasteiger partial charge on any atom is -0.390 e. The summed E-state index contributed by atoms with van der Waals surface area (Å²) in [6.45, 7) is 3.48. The Morgan fingerprint density at radius 1 is 1.53 bits per heavy atom. The van der Waals surface area contributed by atoms with E-state index in [4.69, 9.17) is 18.0 Å². The van der Waals surface area contributed by atoms with Gasteiger partial charge in [0, 0.05) is 24.8 Å². The quantitative estimate of drug-likeness (QED) is 0.770. The molecule has 0 saturated carbocycles. The number of thiocarbonyl (C=S) groups is 1. The predicted octanol–water partition coefficient (Wildman–Crippen LogP) is 1.07. The zero-order valence-corrected chi connectivity index (χ0v) is 10.7. The summed E-state index contributed by atoms with van der Waals surface area (Å²) in [6.07, 6.45) is 4.98. The summed E-state index contributed by atoms with van der Waals surface area (Å²) in [5, 5.41) is 9.92. The van der Waals surface area contributed by atoms with Gasteiger partial charge in [0.2, 0.25) is 0 Å². The monoisotopic (exact) mass is 251 g/mol. The van der Waals surface area contributed by atoms with E-state index < -0.39 is 5.60 Å². The molecule has 1 fully saturated rings. The second-order valence-corrected chi connectivity index (χ2v) is 5.18. The van der Waals surface area contributed by atoms with Crippen molar-refractivity contribution in [3.8, 4) is 0 Å². The average Bonchev–Trinajstić information content (AvgIpc) is 2.29. The molecular formula is C12H17N3OS. The number of hydrogen-bond acceptors (Lipinski definition) is 4. The van der Waals surface area contributed by atoms with Gasteiger partial charge in [-0.25, -0.2) is 0 Å². The fourth-order valence-corrected chi connectivity index (χ4v) is 2.25. The third-order valence-electron chi connectivity index (χ3n) is 3.25. The van der Waals surface area contributed by atoms with Gasteiger partial charge >= 0.3 is 0 Å². The number of rotatable bonds is 2. The molecule has 0 bridgehead atoms. The first kappa shape index (κ1) is 12.3. The van der Waals surface area contributed by atoms with Gasteiger partial charge in [0.05, 0.1) is 17.5 Å². The topological polar surface area (TPSA) is 62.4 Å². The summed E-state index contributed by atoms with van der Waals surface area (Å²) in [6, 6.07) is 1.84. The van der Waals surface area contributed by atoms with Crippen LogP contribution < -0.4 is 10.6 Å². The van der Waals surface area contributed by atoms with Gasteiger partial charge in [-0.2, -0.15) is 0 Å². The summed E-state index contributed by atoms with van der Waals surface area (Å²) in [5.41, 5.74) is 6.97. The SMILES string of the molecule is CC1(O)CCN(c2cnccc2C(N)=S)CC1. The second-order valence-electron chi connectivity index (χ2n) is 4.74. The van der Waals surface area contributed by atoms with Gasteiger partial charge in [-0.15, -0.1) is 0 Å². The molecule has 92 valence electrons. The summed E-state index contributed by atoms with van der Waals surface area (Å²) in [4.78, 5) is 6.69. The van der Waals surface area contributed by atoms with Crippen LogP contribution in [0.5, 0.6) is 0 Å². The molecule has 17 heavy (non-hydrogen) atoms. The number of anilines is 1. The zero-order chi connectivity index (χ0) is 12.5. The van der Waals surface area contributed by atoms with Crippen molar-refractivity contribution < 1.29 is 5.11 Å². The van der Waals surface area contributed by atoms with Gasteiger partial charge in [-0.1, -0.05) is 12.2 Å². The maximum Gasteiger partial charge on any atom is 0.106 e. The molecule has 1 aromatic heterocycles. The summed E-state index contributed by atoms with van der Waals surface area (Å²) in [5.74, 6) is 0. The van der Waals surface area contributed by atoms with Gasteiger partial charge in [-0.05, 0) is 25.8 Å². The Morgan fingerprint density at radius 3 is 2.76 bits per heavy atom. The average molecular weight is 251 g/mol. The maximum atomic E-state index is 9.92. The third-order valence-corrected chi connectivity index (χ3v) is 3.47. The highest BCUT2D eigenvalue weighted by atomic mass is 32.1. The molecule has 1 aliphatic rings. The molecule has 0 unspecified atom stereocenters. The molecule has 1 saturated heterocycles. The number of aliphatic hydroxyl groups is 1. The molecule has 0 spiro atoms. The van der Waals surface area contributed by atoms with Crippen LogP contribution in [0.2, 0.25) is 0 Å². The van der Waals surface area contributed by atoms with Crippen LogP contribution in [0.1, 0.15) is 25.3 Å². The maximum absolute atomic E-state index is 9.92. The van der Waals surface area contributed by atoms with Crippen molar-refractivity contribution in [3.05, 3.63) is 24.0 Å². The number of pyridine rings is 1. The first-order chi connectivity index (χ1) is 7.99. The lowest BCUT2D eigenvalue weighted by Gasteiger charge is -2.37. The largest absolute Gasteiger partial charge is 0.390 e. The summed E-state index contributed by atoms with van der Waals surface area (Å²) >= 11 is 5.04. The molecule has 3 N–H and O–H groups in total. The van der Waals surface area contributed by atoms with Crippen LogP contribution in [0.3, 0.4) is 0 Å². The van der Waals surface area contributed by atoms with Crippen LogP contribution in [0.15, 0.2) is 18.5 Å². The van der Waals surface area contributed by atoms with Crippen LogP contribution in [0.4, 0.5) is 5.69 Å². The standard InChI is InChI=1S/C12H17N3OS/c1-12(16)3-6-15(7-4-12)10-8-14-5-2-9(10)11(13)17/h2,5,8,16H,3-4,6-7H2,1H3,(H2,13,17). The molecule has 0 amide bonds. The predicted molar refractivity (Wildman–Crippen MR) is 72.2 cm³/mol. The Bertz CT molecular complexity index is 424. The Kier molecular flexibility index (Phi) is 3.31. The molecule has 0 radical (unpaired) electrons. The Balaban J connectivity index is 2.21. The van der Waals surface area contributed by atoms with Crippen molar-refractivity contribution in [2.45, 2.75) is 25.4 Å². The normalized spacial score (nSPS) is 19.1. The zero-order valence-electron chi connectivity index (χ0n) is 9.89. The third kappa shape index (κ3) is 2.73. The van der Waals surface area contributed by atoms with E-state index in [1.165, 1.54) is 0 Å². The number of piperidine rings is 1. The summed E-state index contributed by atoms with van der Waals surface area (Å²) in [7, 11) is 0. The van der Waals surface area contributed by atoms with E-state index in [0.29, 0.717) is 4.99 Å². The molecule has 2 heterocycles. The van der Waals surface area contributed by atoms with E-state index in [-0.39, 0.29) is 0 Å². The molecular weight excluding hydrogens is 234 g/mol. The molecule has 0 aromatic carbocycles. The van der Waals surface area contributed by atoms with Gasteiger partial charge in [0.1, 0.15) is 4.99 Å². The van der Waals surface area contributed by atoms with Crippen LogP contribution in [-0.2, 0) is 0 Å². The van der Waals surface area contributed by atoms with E-state index in [9.17, 15) is 5.11 Å². The van der Waals surface area contributed by atoms with Crippen LogP contribution in [0, 0.1) is 0 Å². The lowest BCUT2D eigenvalue weighted by molar-refractivity contribution is 0.0351. The van der Waals surface area contributed by atoms with E-state index in [1.54, 1.807) is 12.4 Å². The van der Waals surface area contributed by atoms with Gasteiger partial charge in [0.15, 0.2) is 0 Å². The van der Waals surface area contributed by atoms with Crippen molar-refractivity contribution in [1.82, 2.24) is 4.98 Å². The highest BCUT2D eigenvalue weighted by Crippen LogP contribution is 2.27. The molecule has 5 heteroatoms. The number of hydrogen-bond donors (Lipinski definition) is 2. The highest BCUT2D eigenvalue weighted by molar-refractivity contribution is 7.80. The lowest BCUT2D eigenvalue weighted by atomic mass is 9.93. The smallest absolute Gasteiger partial charge is 0.106 e. The van der Waals surface area contributed by atoms with Gasteiger partial charge in [-0.3, -0.25) is 4.98 Å². The molecule has 4 nitrogen and oxygen atoms in total. The second kappa shape index (κ2) is 4.58. The van der Waals surface area contributed by atoms with Crippen LogP contribution in [0.25, 0.3) is 0 Å². The first-order valence-electron chi connectivity index (χ1n) is 5.71.